The summed E-state index contributed by atoms with van der Waals surface area (Å²) in [5.41, 5.74) is 2.62. The molecule has 0 bridgehead atoms. The molecule has 0 aliphatic carbocycles. The van der Waals surface area contributed by atoms with E-state index in [0.29, 0.717) is 12.1 Å². The SMILES string of the molecule is CN(Cc1ccccc1)C(=O)c1ccc(-c2cccs2)nc1. The first kappa shape index (κ1) is 14.5. The van der Waals surface area contributed by atoms with Gasteiger partial charge in [0.1, 0.15) is 0 Å². The van der Waals surface area contributed by atoms with Gasteiger partial charge in [-0.3, -0.25) is 9.78 Å². The Bertz CT molecular complexity index is 737. The van der Waals surface area contributed by atoms with Crippen molar-refractivity contribution >= 4 is 17.2 Å². The Morgan fingerprint density at radius 1 is 1.09 bits per heavy atom. The minimum absolute atomic E-state index is 0.0194. The molecule has 3 rings (SSSR count). The average molecular weight is 308 g/mol. The summed E-state index contributed by atoms with van der Waals surface area (Å²) in [5.74, 6) is -0.0194. The monoisotopic (exact) mass is 308 g/mol. The van der Waals surface area contributed by atoms with E-state index in [-0.39, 0.29) is 5.91 Å². The van der Waals surface area contributed by atoms with Crippen molar-refractivity contribution in [1.29, 1.82) is 0 Å². The number of nitrogens with zero attached hydrogens (tertiary/aromatic N) is 2. The highest BCUT2D eigenvalue weighted by Crippen LogP contribution is 2.22. The van der Waals surface area contributed by atoms with Gasteiger partial charge >= 0.3 is 0 Å². The molecule has 1 amide bonds. The van der Waals surface area contributed by atoms with Crippen molar-refractivity contribution in [3.05, 3.63) is 77.3 Å². The molecule has 3 nitrogen and oxygen atoms in total. The quantitative estimate of drug-likeness (QED) is 0.727. The lowest BCUT2D eigenvalue weighted by molar-refractivity contribution is 0.0784. The first-order chi connectivity index (χ1) is 10.7. The van der Waals surface area contributed by atoms with Crippen molar-refractivity contribution in [3.63, 3.8) is 0 Å². The number of aromatic nitrogens is 1. The predicted octanol–water partition coefficient (Wildman–Crippen LogP) is 4.08. The number of hydrogen-bond donors (Lipinski definition) is 0. The zero-order valence-electron chi connectivity index (χ0n) is 12.3. The standard InChI is InChI=1S/C18H16N2OS/c1-20(13-14-6-3-2-4-7-14)18(21)15-9-10-16(19-12-15)17-8-5-11-22-17/h2-12H,13H2,1H3. The van der Waals surface area contributed by atoms with Crippen LogP contribution in [0.3, 0.4) is 0 Å². The first-order valence-corrected chi connectivity index (χ1v) is 7.91. The highest BCUT2D eigenvalue weighted by Gasteiger charge is 2.12. The highest BCUT2D eigenvalue weighted by atomic mass is 32.1. The third-order valence-electron chi connectivity index (χ3n) is 3.39. The van der Waals surface area contributed by atoms with Crippen LogP contribution >= 0.6 is 11.3 Å². The summed E-state index contributed by atoms with van der Waals surface area (Å²) in [6.45, 7) is 0.590. The highest BCUT2D eigenvalue weighted by molar-refractivity contribution is 7.13. The number of pyridine rings is 1. The summed E-state index contributed by atoms with van der Waals surface area (Å²) in [7, 11) is 1.81. The second-order valence-electron chi connectivity index (χ2n) is 5.06. The van der Waals surface area contributed by atoms with Crippen LogP contribution in [0.5, 0.6) is 0 Å². The number of carbonyl (C=O) groups excluding carboxylic acids is 1. The third kappa shape index (κ3) is 3.23. The second-order valence-corrected chi connectivity index (χ2v) is 6.00. The van der Waals surface area contributed by atoms with Crippen LogP contribution in [0.25, 0.3) is 10.6 Å². The zero-order valence-corrected chi connectivity index (χ0v) is 13.1. The van der Waals surface area contributed by atoms with Crippen molar-refractivity contribution in [1.82, 2.24) is 9.88 Å². The molecule has 0 aliphatic heterocycles. The average Bonchev–Trinajstić information content (AvgIpc) is 3.10. The van der Waals surface area contributed by atoms with Gasteiger partial charge in [-0.2, -0.15) is 0 Å². The fourth-order valence-electron chi connectivity index (χ4n) is 2.24. The van der Waals surface area contributed by atoms with Crippen molar-refractivity contribution in [2.24, 2.45) is 0 Å². The molecule has 0 radical (unpaired) electrons. The maximum absolute atomic E-state index is 12.4. The number of benzene rings is 1. The zero-order chi connectivity index (χ0) is 15.4. The van der Waals surface area contributed by atoms with Crippen LogP contribution in [-0.4, -0.2) is 22.8 Å². The number of carbonyl (C=O) groups is 1. The van der Waals surface area contributed by atoms with Gasteiger partial charge in [-0.05, 0) is 29.1 Å². The normalized spacial score (nSPS) is 10.4. The van der Waals surface area contributed by atoms with Crippen molar-refractivity contribution < 1.29 is 4.79 Å². The number of amides is 1. The lowest BCUT2D eigenvalue weighted by Gasteiger charge is -2.17. The van der Waals surface area contributed by atoms with E-state index in [0.717, 1.165) is 16.1 Å². The molecule has 0 spiro atoms. The van der Waals surface area contributed by atoms with Crippen LogP contribution in [0.2, 0.25) is 0 Å². The Morgan fingerprint density at radius 3 is 2.55 bits per heavy atom. The minimum atomic E-state index is -0.0194. The Hall–Kier alpha value is -2.46. The Labute approximate surface area is 133 Å². The van der Waals surface area contributed by atoms with E-state index in [1.54, 1.807) is 22.4 Å². The van der Waals surface area contributed by atoms with Crippen LogP contribution in [0.15, 0.2) is 66.2 Å². The smallest absolute Gasteiger partial charge is 0.255 e. The molecule has 22 heavy (non-hydrogen) atoms. The minimum Gasteiger partial charge on any atom is -0.337 e. The molecule has 2 heterocycles. The summed E-state index contributed by atoms with van der Waals surface area (Å²) in [6.07, 6.45) is 1.65. The second kappa shape index (κ2) is 6.54. The molecule has 0 saturated carbocycles. The van der Waals surface area contributed by atoms with Gasteiger partial charge in [0.2, 0.25) is 0 Å². The molecule has 110 valence electrons. The molecular formula is C18H16N2OS. The van der Waals surface area contributed by atoms with Gasteiger partial charge < -0.3 is 4.90 Å². The molecule has 3 aromatic rings. The van der Waals surface area contributed by atoms with E-state index in [9.17, 15) is 4.79 Å². The predicted molar refractivity (Wildman–Crippen MR) is 89.8 cm³/mol. The molecule has 2 aromatic heterocycles. The fourth-order valence-corrected chi connectivity index (χ4v) is 2.94. The lowest BCUT2D eigenvalue weighted by Crippen LogP contribution is -2.26. The van der Waals surface area contributed by atoms with E-state index in [2.05, 4.69) is 4.98 Å². The molecule has 4 heteroatoms. The number of hydrogen-bond acceptors (Lipinski definition) is 3. The Balaban J connectivity index is 1.72. The molecule has 0 atom stereocenters. The van der Waals surface area contributed by atoms with Crippen LogP contribution in [0, 0.1) is 0 Å². The molecule has 0 N–H and O–H groups in total. The van der Waals surface area contributed by atoms with Crippen molar-refractivity contribution in [2.75, 3.05) is 7.05 Å². The van der Waals surface area contributed by atoms with E-state index in [1.165, 1.54) is 0 Å². The summed E-state index contributed by atoms with van der Waals surface area (Å²) < 4.78 is 0. The topological polar surface area (TPSA) is 33.2 Å². The van der Waals surface area contributed by atoms with Crippen LogP contribution < -0.4 is 0 Å². The molecular weight excluding hydrogens is 292 g/mol. The van der Waals surface area contributed by atoms with Crippen LogP contribution in [0.1, 0.15) is 15.9 Å². The summed E-state index contributed by atoms with van der Waals surface area (Å²) >= 11 is 1.64. The maximum Gasteiger partial charge on any atom is 0.255 e. The van der Waals surface area contributed by atoms with Crippen LogP contribution in [0.4, 0.5) is 0 Å². The van der Waals surface area contributed by atoms with Gasteiger partial charge in [0.15, 0.2) is 0 Å². The van der Waals surface area contributed by atoms with Gasteiger partial charge in [0.05, 0.1) is 16.1 Å². The molecule has 0 saturated heterocycles. The van der Waals surface area contributed by atoms with Gasteiger partial charge in [-0.1, -0.05) is 36.4 Å². The number of thiophene rings is 1. The Kier molecular flexibility index (Phi) is 4.30. The van der Waals surface area contributed by atoms with E-state index in [1.807, 2.05) is 67.0 Å². The van der Waals surface area contributed by atoms with Gasteiger partial charge in [0.25, 0.3) is 5.91 Å². The summed E-state index contributed by atoms with van der Waals surface area (Å²) in [6, 6.07) is 17.7. The van der Waals surface area contributed by atoms with Crippen molar-refractivity contribution in [3.8, 4) is 10.6 Å². The fraction of sp³-hybridized carbons (Fsp3) is 0.111. The molecule has 1 aromatic carbocycles. The first-order valence-electron chi connectivity index (χ1n) is 7.03. The number of rotatable bonds is 4. The lowest BCUT2D eigenvalue weighted by atomic mass is 10.2. The molecule has 0 fully saturated rings. The summed E-state index contributed by atoms with van der Waals surface area (Å²) in [4.78, 5) is 19.6. The largest absolute Gasteiger partial charge is 0.337 e. The van der Waals surface area contributed by atoms with Gasteiger partial charge in [0, 0.05) is 19.8 Å². The maximum atomic E-state index is 12.4. The Morgan fingerprint density at radius 2 is 1.91 bits per heavy atom. The van der Waals surface area contributed by atoms with E-state index in [4.69, 9.17) is 0 Å². The molecule has 0 unspecified atom stereocenters. The van der Waals surface area contributed by atoms with E-state index >= 15 is 0 Å². The van der Waals surface area contributed by atoms with Gasteiger partial charge in [-0.15, -0.1) is 11.3 Å². The van der Waals surface area contributed by atoms with Crippen LogP contribution in [-0.2, 0) is 6.54 Å². The van der Waals surface area contributed by atoms with E-state index < -0.39 is 0 Å². The van der Waals surface area contributed by atoms with Gasteiger partial charge in [-0.25, -0.2) is 0 Å². The molecule has 0 aliphatic rings. The third-order valence-corrected chi connectivity index (χ3v) is 4.29. The summed E-state index contributed by atoms with van der Waals surface area (Å²) in [5, 5.41) is 2.02. The van der Waals surface area contributed by atoms with Crippen molar-refractivity contribution in [2.45, 2.75) is 6.54 Å².